The van der Waals surface area contributed by atoms with Gasteiger partial charge >= 0.3 is 6.18 Å². The number of halogens is 3. The lowest BCUT2D eigenvalue weighted by atomic mass is 10.1. The highest BCUT2D eigenvalue weighted by atomic mass is 19.4. The van der Waals surface area contributed by atoms with E-state index < -0.39 is 23.8 Å². The smallest absolute Gasteiger partial charge is 0.326 e. The summed E-state index contributed by atoms with van der Waals surface area (Å²) in [5.74, 6) is 0. The van der Waals surface area contributed by atoms with E-state index in [4.69, 9.17) is 5.73 Å². The van der Waals surface area contributed by atoms with Crippen molar-refractivity contribution in [2.45, 2.75) is 25.2 Å². The molecule has 2 aromatic rings. The monoisotopic (exact) mass is 270 g/mol. The average molecular weight is 270 g/mol. The predicted molar refractivity (Wildman–Crippen MR) is 63.3 cm³/mol. The van der Waals surface area contributed by atoms with E-state index in [1.54, 1.807) is 31.3 Å². The van der Waals surface area contributed by atoms with Crippen LogP contribution in [0.4, 0.5) is 13.2 Å². The van der Waals surface area contributed by atoms with Gasteiger partial charge in [-0.25, -0.2) is 0 Å². The second-order valence-electron chi connectivity index (χ2n) is 4.27. The number of alkyl halides is 3. The molecule has 7 heteroatoms. The summed E-state index contributed by atoms with van der Waals surface area (Å²) in [7, 11) is 0. The van der Waals surface area contributed by atoms with Gasteiger partial charge in [-0.05, 0) is 19.1 Å². The molecule has 19 heavy (non-hydrogen) atoms. The summed E-state index contributed by atoms with van der Waals surface area (Å²) >= 11 is 0. The molecule has 0 bridgehead atoms. The summed E-state index contributed by atoms with van der Waals surface area (Å²) in [6.07, 6.45) is -1.11. The van der Waals surface area contributed by atoms with Crippen LogP contribution >= 0.6 is 0 Å². The summed E-state index contributed by atoms with van der Waals surface area (Å²) < 4.78 is 38.9. The van der Waals surface area contributed by atoms with Crippen molar-refractivity contribution in [2.75, 3.05) is 0 Å². The zero-order valence-electron chi connectivity index (χ0n) is 10.2. The second-order valence-corrected chi connectivity index (χ2v) is 4.27. The quantitative estimate of drug-likeness (QED) is 0.930. The summed E-state index contributed by atoms with van der Waals surface area (Å²) in [6.45, 7) is 1.70. The van der Waals surface area contributed by atoms with Gasteiger partial charge in [0.15, 0.2) is 0 Å². The van der Waals surface area contributed by atoms with E-state index in [0.29, 0.717) is 5.69 Å². The van der Waals surface area contributed by atoms with Gasteiger partial charge in [-0.15, -0.1) is 0 Å². The molecule has 0 aliphatic carbocycles. The third-order valence-electron chi connectivity index (χ3n) is 2.70. The molecule has 4 nitrogen and oxygen atoms in total. The van der Waals surface area contributed by atoms with Crippen LogP contribution in [-0.4, -0.2) is 20.8 Å². The summed E-state index contributed by atoms with van der Waals surface area (Å²) in [6, 6.07) is 4.24. The van der Waals surface area contributed by atoms with E-state index in [9.17, 15) is 13.2 Å². The molecule has 2 unspecified atom stereocenters. The van der Waals surface area contributed by atoms with Gasteiger partial charge in [-0.3, -0.25) is 9.67 Å². The highest BCUT2D eigenvalue weighted by molar-refractivity contribution is 5.15. The first-order valence-corrected chi connectivity index (χ1v) is 5.67. The molecule has 102 valence electrons. The van der Waals surface area contributed by atoms with Crippen LogP contribution < -0.4 is 5.73 Å². The Morgan fingerprint density at radius 3 is 2.53 bits per heavy atom. The largest absolute Gasteiger partial charge is 0.419 e. The number of hydrogen-bond donors (Lipinski definition) is 1. The molecule has 2 aromatic heterocycles. The van der Waals surface area contributed by atoms with Gasteiger partial charge < -0.3 is 5.73 Å². The summed E-state index contributed by atoms with van der Waals surface area (Å²) in [4.78, 5) is 4.13. The van der Waals surface area contributed by atoms with Crippen molar-refractivity contribution in [1.29, 1.82) is 0 Å². The summed E-state index contributed by atoms with van der Waals surface area (Å²) in [5, 5.41) is 3.76. The Balaban J connectivity index is 2.38. The second kappa shape index (κ2) is 5.00. The molecule has 2 atom stereocenters. The van der Waals surface area contributed by atoms with E-state index in [-0.39, 0.29) is 0 Å². The van der Waals surface area contributed by atoms with Gasteiger partial charge in [0.2, 0.25) is 0 Å². The molecule has 2 heterocycles. The fraction of sp³-hybridized carbons (Fsp3) is 0.333. The van der Waals surface area contributed by atoms with Crippen LogP contribution in [0.15, 0.2) is 36.8 Å². The van der Waals surface area contributed by atoms with Crippen LogP contribution in [0.3, 0.4) is 0 Å². The van der Waals surface area contributed by atoms with Gasteiger partial charge in [-0.1, -0.05) is 6.07 Å². The number of aromatic nitrogens is 3. The van der Waals surface area contributed by atoms with Crippen molar-refractivity contribution < 1.29 is 13.2 Å². The molecule has 0 aliphatic rings. The molecule has 0 aliphatic heterocycles. The molecule has 2 N–H and O–H groups in total. The third kappa shape index (κ3) is 2.93. The zero-order valence-corrected chi connectivity index (χ0v) is 10.2. The molecule has 2 rings (SSSR count). The molecule has 0 spiro atoms. The average Bonchev–Trinajstić information content (AvgIpc) is 2.79. The van der Waals surface area contributed by atoms with Crippen LogP contribution in [0.5, 0.6) is 0 Å². The molecule has 0 saturated carbocycles. The van der Waals surface area contributed by atoms with Gasteiger partial charge in [-0.2, -0.15) is 18.3 Å². The highest BCUT2D eigenvalue weighted by Crippen LogP contribution is 2.30. The predicted octanol–water partition coefficient (Wildman–Crippen LogP) is 2.23. The van der Waals surface area contributed by atoms with Crippen LogP contribution in [0, 0.1) is 0 Å². The minimum Gasteiger partial charge on any atom is -0.326 e. The van der Waals surface area contributed by atoms with E-state index in [1.165, 1.54) is 4.68 Å². The highest BCUT2D eigenvalue weighted by Gasteiger charge is 2.33. The Kier molecular flexibility index (Phi) is 3.57. The maximum atomic E-state index is 12.6. The first-order chi connectivity index (χ1) is 8.89. The minimum absolute atomic E-state index is 0.420. The zero-order chi connectivity index (χ0) is 14.0. The molecule has 0 saturated heterocycles. The van der Waals surface area contributed by atoms with E-state index in [1.807, 2.05) is 0 Å². The van der Waals surface area contributed by atoms with Crippen molar-refractivity contribution in [3.8, 4) is 0 Å². The molecule has 0 radical (unpaired) electrons. The molecular formula is C12H13F3N4. The maximum absolute atomic E-state index is 12.6. The van der Waals surface area contributed by atoms with Gasteiger partial charge in [0.25, 0.3) is 0 Å². The lowest BCUT2D eigenvalue weighted by Crippen LogP contribution is -2.31. The molecule has 0 fully saturated rings. The van der Waals surface area contributed by atoms with Gasteiger partial charge in [0.1, 0.15) is 6.04 Å². The Labute approximate surface area is 108 Å². The standard InChI is InChI=1S/C12H13F3N4/c1-8(16)11(10-4-2-3-5-17-10)19-7-9(6-18-19)12(13,14)15/h2-8,11H,16H2,1H3. The number of nitrogens with zero attached hydrogens (tertiary/aromatic N) is 3. The molecule has 0 amide bonds. The number of hydrogen-bond acceptors (Lipinski definition) is 3. The fourth-order valence-electron chi connectivity index (χ4n) is 1.83. The maximum Gasteiger partial charge on any atom is 0.419 e. The molecule has 0 aromatic carbocycles. The first kappa shape index (κ1) is 13.5. The fourth-order valence-corrected chi connectivity index (χ4v) is 1.83. The Bertz CT molecular complexity index is 533. The lowest BCUT2D eigenvalue weighted by molar-refractivity contribution is -0.137. The van der Waals surface area contributed by atoms with Crippen LogP contribution in [0.25, 0.3) is 0 Å². The summed E-state index contributed by atoms with van der Waals surface area (Å²) in [5.41, 5.74) is 5.62. The third-order valence-corrected chi connectivity index (χ3v) is 2.70. The molecular weight excluding hydrogens is 257 g/mol. The topological polar surface area (TPSA) is 56.7 Å². The van der Waals surface area contributed by atoms with Gasteiger partial charge in [0, 0.05) is 18.4 Å². The Hall–Kier alpha value is -1.89. The SMILES string of the molecule is CC(N)C(c1ccccn1)n1cc(C(F)(F)F)cn1. The number of pyridine rings is 1. The lowest BCUT2D eigenvalue weighted by Gasteiger charge is -2.20. The van der Waals surface area contributed by atoms with Crippen molar-refractivity contribution in [3.63, 3.8) is 0 Å². The van der Waals surface area contributed by atoms with Crippen molar-refractivity contribution >= 4 is 0 Å². The van der Waals surface area contributed by atoms with Crippen molar-refractivity contribution in [1.82, 2.24) is 14.8 Å². The van der Waals surface area contributed by atoms with Crippen molar-refractivity contribution in [2.24, 2.45) is 5.73 Å². The van der Waals surface area contributed by atoms with Crippen molar-refractivity contribution in [3.05, 3.63) is 48.0 Å². The van der Waals surface area contributed by atoms with Crippen LogP contribution in [-0.2, 0) is 6.18 Å². The Morgan fingerprint density at radius 2 is 2.05 bits per heavy atom. The first-order valence-electron chi connectivity index (χ1n) is 5.67. The minimum atomic E-state index is -4.41. The Morgan fingerprint density at radius 1 is 1.32 bits per heavy atom. The van der Waals surface area contributed by atoms with E-state index in [2.05, 4.69) is 10.1 Å². The van der Waals surface area contributed by atoms with Crippen LogP contribution in [0.1, 0.15) is 24.2 Å². The normalized spacial score (nSPS) is 15.2. The van der Waals surface area contributed by atoms with E-state index >= 15 is 0 Å². The van der Waals surface area contributed by atoms with Crippen LogP contribution in [0.2, 0.25) is 0 Å². The van der Waals surface area contributed by atoms with E-state index in [0.717, 1.165) is 12.4 Å². The number of rotatable bonds is 3. The van der Waals surface area contributed by atoms with Gasteiger partial charge in [0.05, 0.1) is 17.5 Å². The number of nitrogens with two attached hydrogens (primary N) is 1.